The molecule has 0 unspecified atom stereocenters. The minimum absolute atomic E-state index is 0.0207. The minimum Gasteiger partial charge on any atom is -0.452 e. The van der Waals surface area contributed by atoms with Gasteiger partial charge >= 0.3 is 5.24 Å². The summed E-state index contributed by atoms with van der Waals surface area (Å²) >= 11 is 4.69. The maximum absolute atomic E-state index is 11.0. The third-order valence-electron chi connectivity index (χ3n) is 1.86. The number of benzene rings is 1. The highest BCUT2D eigenvalue weighted by Gasteiger charge is 2.19. The zero-order valence-corrected chi connectivity index (χ0v) is 9.66. The molecule has 7 heteroatoms. The Morgan fingerprint density at radius 2 is 2.13 bits per heavy atom. The average Bonchev–Trinajstić information content (AvgIpc) is 2.15. The Hall–Kier alpha value is -0.850. The fourth-order valence-electron chi connectivity index (χ4n) is 1.16. The van der Waals surface area contributed by atoms with E-state index in [9.17, 15) is 8.42 Å². The predicted molar refractivity (Wildman–Crippen MR) is 57.5 cm³/mol. The molecule has 1 aliphatic rings. The van der Waals surface area contributed by atoms with Gasteiger partial charge in [0.05, 0.1) is 4.90 Å². The molecule has 0 bridgehead atoms. The number of hydrogen-bond acceptors (Lipinski definition) is 5. The molecular formula is C8H5ClO4S2. The minimum atomic E-state index is -3.75. The summed E-state index contributed by atoms with van der Waals surface area (Å²) in [5, 5.41) is -0.0216. The quantitative estimate of drug-likeness (QED) is 0.572. The van der Waals surface area contributed by atoms with E-state index in [1.807, 2.05) is 0 Å². The van der Waals surface area contributed by atoms with E-state index in [2.05, 4.69) is 0 Å². The van der Waals surface area contributed by atoms with Crippen molar-refractivity contribution < 1.29 is 17.9 Å². The molecule has 1 heterocycles. The molecule has 4 nitrogen and oxygen atoms in total. The highest BCUT2D eigenvalue weighted by atomic mass is 35.7. The van der Waals surface area contributed by atoms with Gasteiger partial charge in [-0.1, -0.05) is 6.07 Å². The number of thiocarbonyl (C=S) groups is 1. The van der Waals surface area contributed by atoms with Crippen LogP contribution in [0.2, 0.25) is 0 Å². The normalized spacial score (nSPS) is 15.1. The lowest BCUT2D eigenvalue weighted by Gasteiger charge is -2.18. The van der Waals surface area contributed by atoms with E-state index in [0.717, 1.165) is 5.56 Å². The van der Waals surface area contributed by atoms with Crippen molar-refractivity contribution in [3.8, 4) is 5.75 Å². The van der Waals surface area contributed by atoms with Gasteiger partial charge in [0.25, 0.3) is 9.05 Å². The van der Waals surface area contributed by atoms with Gasteiger partial charge in [-0.05, 0) is 6.07 Å². The van der Waals surface area contributed by atoms with Gasteiger partial charge in [-0.15, -0.1) is 0 Å². The molecule has 1 aliphatic heterocycles. The summed E-state index contributed by atoms with van der Waals surface area (Å²) < 4.78 is 32.1. The predicted octanol–water partition coefficient (Wildman–Crippen LogP) is 1.81. The second-order valence-electron chi connectivity index (χ2n) is 2.85. The maximum atomic E-state index is 11.0. The molecule has 1 aromatic carbocycles. The van der Waals surface area contributed by atoms with Crippen LogP contribution in [0.15, 0.2) is 23.1 Å². The van der Waals surface area contributed by atoms with E-state index in [0.29, 0.717) is 5.75 Å². The van der Waals surface area contributed by atoms with Crippen molar-refractivity contribution in [2.75, 3.05) is 0 Å². The molecule has 0 aliphatic carbocycles. The Balaban J connectivity index is 2.50. The van der Waals surface area contributed by atoms with Crippen molar-refractivity contribution in [1.82, 2.24) is 0 Å². The molecule has 0 saturated carbocycles. The van der Waals surface area contributed by atoms with Crippen LogP contribution < -0.4 is 4.74 Å². The topological polar surface area (TPSA) is 52.6 Å². The van der Waals surface area contributed by atoms with Gasteiger partial charge in [0, 0.05) is 34.5 Å². The van der Waals surface area contributed by atoms with E-state index in [1.165, 1.54) is 12.1 Å². The van der Waals surface area contributed by atoms with Crippen molar-refractivity contribution in [1.29, 1.82) is 0 Å². The summed E-state index contributed by atoms with van der Waals surface area (Å²) in [6.07, 6.45) is 0. The highest BCUT2D eigenvalue weighted by Crippen LogP contribution is 2.28. The summed E-state index contributed by atoms with van der Waals surface area (Å²) in [7, 11) is 1.44. The van der Waals surface area contributed by atoms with Crippen molar-refractivity contribution >= 4 is 37.2 Å². The second-order valence-corrected chi connectivity index (χ2v) is 5.75. The third-order valence-corrected chi connectivity index (χ3v) is 3.41. The fraction of sp³-hybridized carbons (Fsp3) is 0.125. The molecule has 0 amide bonds. The molecule has 0 radical (unpaired) electrons. The molecule has 0 fully saturated rings. The van der Waals surface area contributed by atoms with Gasteiger partial charge in [0.15, 0.2) is 0 Å². The van der Waals surface area contributed by atoms with Crippen molar-refractivity contribution in [3.63, 3.8) is 0 Å². The third kappa shape index (κ3) is 2.22. The fourth-order valence-corrected chi connectivity index (χ4v) is 2.07. The lowest BCUT2D eigenvalue weighted by molar-refractivity contribution is 0.210. The van der Waals surface area contributed by atoms with E-state index >= 15 is 0 Å². The monoisotopic (exact) mass is 264 g/mol. The number of fused-ring (bicyclic) bond motifs is 1. The first-order valence-corrected chi connectivity index (χ1v) is 6.61. The van der Waals surface area contributed by atoms with Crippen LogP contribution in [0.5, 0.6) is 5.75 Å². The Bertz CT molecular complexity index is 523. The Labute approximate surface area is 96.2 Å². The first-order valence-electron chi connectivity index (χ1n) is 3.89. The summed E-state index contributed by atoms with van der Waals surface area (Å²) in [6.45, 7) is 0.275. The SMILES string of the molecule is O=S(=O)(Cl)c1ccc2c(c1)OC(=S)OC2. The first kappa shape index (κ1) is 10.7. The Morgan fingerprint density at radius 1 is 1.40 bits per heavy atom. The van der Waals surface area contributed by atoms with Gasteiger partial charge in [0.2, 0.25) is 0 Å². The van der Waals surface area contributed by atoms with Gasteiger partial charge in [-0.3, -0.25) is 0 Å². The Kier molecular flexibility index (Phi) is 2.57. The summed E-state index contributed by atoms with van der Waals surface area (Å²) in [6, 6.07) is 4.29. The molecule has 15 heavy (non-hydrogen) atoms. The summed E-state index contributed by atoms with van der Waals surface area (Å²) in [4.78, 5) is -0.0207. The molecule has 0 spiro atoms. The molecule has 0 aromatic heterocycles. The zero-order chi connectivity index (χ0) is 11.1. The zero-order valence-electron chi connectivity index (χ0n) is 7.27. The van der Waals surface area contributed by atoms with Crippen LogP contribution >= 0.6 is 22.9 Å². The van der Waals surface area contributed by atoms with Crippen LogP contribution in [0.3, 0.4) is 0 Å². The van der Waals surface area contributed by atoms with Crippen molar-refractivity contribution in [2.45, 2.75) is 11.5 Å². The lowest BCUT2D eigenvalue weighted by Crippen LogP contribution is -2.17. The standard InChI is InChI=1S/C8H5ClO4S2/c9-15(10,11)6-2-1-5-4-12-8(14)13-7(5)3-6/h1-3H,4H2. The van der Waals surface area contributed by atoms with Gasteiger partial charge in [-0.2, -0.15) is 0 Å². The van der Waals surface area contributed by atoms with Crippen molar-refractivity contribution in [2.24, 2.45) is 0 Å². The molecule has 0 atom stereocenters. The molecule has 80 valence electrons. The number of rotatable bonds is 1. The van der Waals surface area contributed by atoms with Crippen LogP contribution in [0, 0.1) is 0 Å². The van der Waals surface area contributed by atoms with Crippen LogP contribution in [0.4, 0.5) is 0 Å². The summed E-state index contributed by atoms with van der Waals surface area (Å²) in [5.74, 6) is 0.368. The smallest absolute Gasteiger partial charge is 0.358 e. The van der Waals surface area contributed by atoms with Gasteiger partial charge in [-0.25, -0.2) is 8.42 Å². The summed E-state index contributed by atoms with van der Waals surface area (Å²) in [5.41, 5.74) is 0.729. The molecule has 0 N–H and O–H groups in total. The molecule has 0 saturated heterocycles. The highest BCUT2D eigenvalue weighted by molar-refractivity contribution is 8.13. The van der Waals surface area contributed by atoms with Gasteiger partial charge in [0.1, 0.15) is 12.4 Å². The molecule has 2 rings (SSSR count). The second kappa shape index (κ2) is 3.62. The van der Waals surface area contributed by atoms with Crippen LogP contribution in [0.1, 0.15) is 5.56 Å². The maximum Gasteiger partial charge on any atom is 0.358 e. The van der Waals surface area contributed by atoms with Crippen LogP contribution in [-0.2, 0) is 20.4 Å². The van der Waals surface area contributed by atoms with E-state index < -0.39 is 9.05 Å². The lowest BCUT2D eigenvalue weighted by atomic mass is 10.2. The number of halogens is 1. The van der Waals surface area contributed by atoms with E-state index in [-0.39, 0.29) is 16.7 Å². The molecule has 1 aromatic rings. The Morgan fingerprint density at radius 3 is 2.80 bits per heavy atom. The first-order chi connectivity index (χ1) is 6.97. The van der Waals surface area contributed by atoms with Gasteiger partial charge < -0.3 is 9.47 Å². The molecular weight excluding hydrogens is 260 g/mol. The number of hydrogen-bond donors (Lipinski definition) is 0. The van der Waals surface area contributed by atoms with E-state index in [4.69, 9.17) is 32.4 Å². The largest absolute Gasteiger partial charge is 0.452 e. The van der Waals surface area contributed by atoms with Crippen LogP contribution in [0.25, 0.3) is 0 Å². The van der Waals surface area contributed by atoms with E-state index in [1.54, 1.807) is 6.07 Å². The van der Waals surface area contributed by atoms with Crippen LogP contribution in [-0.4, -0.2) is 13.7 Å². The van der Waals surface area contributed by atoms with Crippen molar-refractivity contribution in [3.05, 3.63) is 23.8 Å². The number of ether oxygens (including phenoxy) is 2. The average molecular weight is 265 g/mol.